The largest absolute Gasteiger partial charge is 0.493 e. The quantitative estimate of drug-likeness (QED) is 0.793. The average molecular weight is 408 g/mol. The Labute approximate surface area is 168 Å². The van der Waals surface area contributed by atoms with Gasteiger partial charge >= 0.3 is 6.18 Å². The second-order valence-corrected chi connectivity index (χ2v) is 7.88. The van der Waals surface area contributed by atoms with Crippen molar-refractivity contribution < 1.29 is 17.9 Å². The molecule has 0 bridgehead atoms. The Kier molecular flexibility index (Phi) is 5.99. The van der Waals surface area contributed by atoms with Gasteiger partial charge in [0.05, 0.1) is 12.2 Å². The van der Waals surface area contributed by atoms with Crippen LogP contribution in [-0.4, -0.2) is 36.0 Å². The third kappa shape index (κ3) is 4.86. The van der Waals surface area contributed by atoms with E-state index in [1.54, 1.807) is 6.07 Å². The lowest BCUT2D eigenvalue weighted by atomic mass is 9.99. The molecule has 2 aliphatic heterocycles. The van der Waals surface area contributed by atoms with Crippen molar-refractivity contribution in [2.45, 2.75) is 44.4 Å². The standard InChI is InChI=1S/C21H27F3N4O/c22-21(23,24)17-7-1-2-8-18(17)29-15-16-6-5-12-27(14-16)20-10-13-28(26-20)19-9-3-4-11-25-19/h1-2,7-8,10,13,16,19,25H,3-6,9,11-12,14-15H2. The predicted molar refractivity (Wildman–Crippen MR) is 105 cm³/mol. The minimum Gasteiger partial charge on any atom is -0.493 e. The third-order valence-electron chi connectivity index (χ3n) is 5.71. The highest BCUT2D eigenvalue weighted by atomic mass is 19.4. The number of anilines is 1. The van der Waals surface area contributed by atoms with Crippen molar-refractivity contribution in [3.8, 4) is 5.75 Å². The first-order chi connectivity index (χ1) is 14.0. The summed E-state index contributed by atoms with van der Waals surface area (Å²) in [6.45, 7) is 2.94. The van der Waals surface area contributed by atoms with Crippen LogP contribution in [0.4, 0.5) is 19.0 Å². The van der Waals surface area contributed by atoms with Crippen LogP contribution in [0.1, 0.15) is 43.8 Å². The molecule has 0 aliphatic carbocycles. The van der Waals surface area contributed by atoms with Crippen molar-refractivity contribution in [3.05, 3.63) is 42.1 Å². The number of ether oxygens (including phenoxy) is 1. The molecule has 0 saturated carbocycles. The molecule has 2 unspecified atom stereocenters. The van der Waals surface area contributed by atoms with E-state index >= 15 is 0 Å². The summed E-state index contributed by atoms with van der Waals surface area (Å²) in [7, 11) is 0. The van der Waals surface area contributed by atoms with E-state index in [0.29, 0.717) is 0 Å². The van der Waals surface area contributed by atoms with Crippen LogP contribution in [0.25, 0.3) is 0 Å². The van der Waals surface area contributed by atoms with Crippen LogP contribution >= 0.6 is 0 Å². The third-order valence-corrected chi connectivity index (χ3v) is 5.71. The zero-order valence-electron chi connectivity index (χ0n) is 16.4. The van der Waals surface area contributed by atoms with Gasteiger partial charge < -0.3 is 9.64 Å². The minimum absolute atomic E-state index is 0.0928. The van der Waals surface area contributed by atoms with E-state index in [1.807, 2.05) is 16.9 Å². The molecular weight excluding hydrogens is 381 g/mol. The summed E-state index contributed by atoms with van der Waals surface area (Å²) < 4.78 is 47.0. The van der Waals surface area contributed by atoms with Crippen molar-refractivity contribution in [3.63, 3.8) is 0 Å². The topological polar surface area (TPSA) is 42.3 Å². The maximum atomic E-state index is 13.1. The lowest BCUT2D eigenvalue weighted by molar-refractivity contribution is -0.139. The summed E-state index contributed by atoms with van der Waals surface area (Å²) in [4.78, 5) is 2.21. The number of para-hydroxylation sites is 1. The zero-order chi connectivity index (χ0) is 20.3. The van der Waals surface area contributed by atoms with Gasteiger partial charge in [0.1, 0.15) is 11.9 Å². The summed E-state index contributed by atoms with van der Waals surface area (Å²) in [6, 6.07) is 7.44. The molecule has 1 aromatic heterocycles. The van der Waals surface area contributed by atoms with Crippen LogP contribution in [0.15, 0.2) is 36.5 Å². The summed E-state index contributed by atoms with van der Waals surface area (Å²) in [5.74, 6) is 1.01. The van der Waals surface area contributed by atoms with Crippen LogP contribution in [0, 0.1) is 5.92 Å². The molecule has 3 heterocycles. The Morgan fingerprint density at radius 1 is 1.10 bits per heavy atom. The van der Waals surface area contributed by atoms with Gasteiger partial charge in [-0.1, -0.05) is 12.1 Å². The number of rotatable bonds is 5. The van der Waals surface area contributed by atoms with Crippen molar-refractivity contribution in [1.29, 1.82) is 0 Å². The maximum Gasteiger partial charge on any atom is 0.419 e. The fraction of sp³-hybridized carbons (Fsp3) is 0.571. The second-order valence-electron chi connectivity index (χ2n) is 7.88. The lowest BCUT2D eigenvalue weighted by Crippen LogP contribution is -2.38. The highest BCUT2D eigenvalue weighted by molar-refractivity contribution is 5.38. The first-order valence-corrected chi connectivity index (χ1v) is 10.3. The number of nitrogens with one attached hydrogen (secondary N) is 1. The van der Waals surface area contributed by atoms with Gasteiger partial charge in [-0.2, -0.15) is 18.3 Å². The molecule has 0 radical (unpaired) electrons. The normalized spacial score (nSPS) is 23.2. The maximum absolute atomic E-state index is 13.1. The molecular formula is C21H27F3N4O. The number of hydrogen-bond donors (Lipinski definition) is 1. The molecule has 1 aromatic carbocycles. The molecule has 8 heteroatoms. The zero-order valence-corrected chi connectivity index (χ0v) is 16.4. The first kappa shape index (κ1) is 20.1. The Morgan fingerprint density at radius 3 is 2.76 bits per heavy atom. The lowest BCUT2D eigenvalue weighted by Gasteiger charge is -2.33. The van der Waals surface area contributed by atoms with Gasteiger partial charge in [-0.25, -0.2) is 0 Å². The van der Waals surface area contributed by atoms with E-state index in [2.05, 4.69) is 10.2 Å². The highest BCUT2D eigenvalue weighted by Crippen LogP contribution is 2.36. The Hall–Kier alpha value is -2.22. The fourth-order valence-corrected chi connectivity index (χ4v) is 4.17. The number of benzene rings is 1. The van der Waals surface area contributed by atoms with Crippen LogP contribution in [0.5, 0.6) is 5.75 Å². The van der Waals surface area contributed by atoms with Gasteiger partial charge in [0.25, 0.3) is 0 Å². The van der Waals surface area contributed by atoms with E-state index < -0.39 is 11.7 Å². The molecule has 29 heavy (non-hydrogen) atoms. The van der Waals surface area contributed by atoms with Gasteiger partial charge in [-0.05, 0) is 50.8 Å². The Morgan fingerprint density at radius 2 is 1.97 bits per heavy atom. The molecule has 2 saturated heterocycles. The van der Waals surface area contributed by atoms with Crippen LogP contribution in [0.2, 0.25) is 0 Å². The van der Waals surface area contributed by atoms with Gasteiger partial charge in [0, 0.05) is 31.3 Å². The molecule has 5 nitrogen and oxygen atoms in total. The van der Waals surface area contributed by atoms with Gasteiger partial charge in [-0.15, -0.1) is 0 Å². The van der Waals surface area contributed by atoms with E-state index in [4.69, 9.17) is 9.84 Å². The molecule has 0 spiro atoms. The molecule has 2 atom stereocenters. The number of hydrogen-bond acceptors (Lipinski definition) is 4. The predicted octanol–water partition coefficient (Wildman–Crippen LogP) is 4.47. The minimum atomic E-state index is -4.41. The molecule has 2 aromatic rings. The van der Waals surface area contributed by atoms with Crippen molar-refractivity contribution in [2.75, 3.05) is 31.1 Å². The van der Waals surface area contributed by atoms with Gasteiger partial charge in [-0.3, -0.25) is 10.00 Å². The van der Waals surface area contributed by atoms with Crippen molar-refractivity contribution >= 4 is 5.82 Å². The smallest absolute Gasteiger partial charge is 0.419 e. The summed E-state index contributed by atoms with van der Waals surface area (Å²) in [6.07, 6.45) is 3.26. The van der Waals surface area contributed by atoms with Gasteiger partial charge in [0.15, 0.2) is 5.82 Å². The van der Waals surface area contributed by atoms with Crippen LogP contribution in [0.3, 0.4) is 0 Å². The van der Waals surface area contributed by atoms with E-state index in [9.17, 15) is 13.2 Å². The molecule has 2 aliphatic rings. The fourth-order valence-electron chi connectivity index (χ4n) is 4.17. The monoisotopic (exact) mass is 408 g/mol. The van der Waals surface area contributed by atoms with Crippen LogP contribution < -0.4 is 15.0 Å². The molecule has 158 valence electrons. The molecule has 2 fully saturated rings. The second kappa shape index (κ2) is 8.65. The number of piperidine rings is 2. The molecule has 4 rings (SSSR count). The first-order valence-electron chi connectivity index (χ1n) is 10.3. The summed E-state index contributed by atoms with van der Waals surface area (Å²) in [5, 5.41) is 8.23. The summed E-state index contributed by atoms with van der Waals surface area (Å²) >= 11 is 0. The number of nitrogens with zero attached hydrogens (tertiary/aromatic N) is 3. The molecule has 0 amide bonds. The van der Waals surface area contributed by atoms with Crippen molar-refractivity contribution in [2.24, 2.45) is 5.92 Å². The van der Waals surface area contributed by atoms with Crippen molar-refractivity contribution in [1.82, 2.24) is 15.1 Å². The van der Waals surface area contributed by atoms with Crippen LogP contribution in [-0.2, 0) is 6.18 Å². The highest BCUT2D eigenvalue weighted by Gasteiger charge is 2.34. The van der Waals surface area contributed by atoms with Gasteiger partial charge in [0.2, 0.25) is 0 Å². The average Bonchev–Trinajstić information content (AvgIpc) is 3.23. The number of halogens is 3. The Bertz CT molecular complexity index is 801. The number of alkyl halides is 3. The van der Waals surface area contributed by atoms with E-state index in [0.717, 1.165) is 50.8 Å². The van der Waals surface area contributed by atoms with E-state index in [1.165, 1.54) is 25.0 Å². The SMILES string of the molecule is FC(F)(F)c1ccccc1OCC1CCCN(c2ccn(C3CCCCN3)n2)C1. The number of aromatic nitrogens is 2. The van der Waals surface area contributed by atoms with E-state index in [-0.39, 0.29) is 24.4 Å². The Balaban J connectivity index is 1.36. The molecule has 1 N–H and O–H groups in total. The summed E-state index contributed by atoms with van der Waals surface area (Å²) in [5.41, 5.74) is -0.716.